The second kappa shape index (κ2) is 9.87. The van der Waals surface area contributed by atoms with E-state index >= 15 is 0 Å². The fourth-order valence-corrected chi connectivity index (χ4v) is 6.26. The normalized spacial score (nSPS) is 22.1. The molecule has 206 valence electrons. The first-order valence-electron chi connectivity index (χ1n) is 13.7. The summed E-state index contributed by atoms with van der Waals surface area (Å²) in [7, 11) is 1.75. The first kappa shape index (κ1) is 27.0. The van der Waals surface area contributed by atoms with Crippen LogP contribution in [0.5, 0.6) is 11.5 Å². The maximum absolute atomic E-state index is 12.8. The summed E-state index contributed by atoms with van der Waals surface area (Å²) < 4.78 is 8.11. The van der Waals surface area contributed by atoms with Gasteiger partial charge >= 0.3 is 0 Å². The molecule has 0 saturated heterocycles. The maximum atomic E-state index is 12.8. The Balaban J connectivity index is 1.49. The zero-order valence-corrected chi connectivity index (χ0v) is 23.7. The van der Waals surface area contributed by atoms with Crippen molar-refractivity contribution in [1.29, 1.82) is 0 Å². The van der Waals surface area contributed by atoms with Gasteiger partial charge in [-0.25, -0.2) is 0 Å². The Morgan fingerprint density at radius 3 is 2.28 bits per heavy atom. The Morgan fingerprint density at radius 1 is 1.03 bits per heavy atom. The third-order valence-corrected chi connectivity index (χ3v) is 8.31. The van der Waals surface area contributed by atoms with E-state index in [-0.39, 0.29) is 29.0 Å². The first-order valence-corrected chi connectivity index (χ1v) is 13.7. The van der Waals surface area contributed by atoms with E-state index in [1.165, 1.54) is 0 Å². The molecule has 0 radical (unpaired) electrons. The summed E-state index contributed by atoms with van der Waals surface area (Å²) in [5.74, 6) is 1.49. The van der Waals surface area contributed by atoms with Crippen LogP contribution in [0.3, 0.4) is 0 Å². The summed E-state index contributed by atoms with van der Waals surface area (Å²) >= 11 is 0. The average Bonchev–Trinajstić information content (AvgIpc) is 2.80. The van der Waals surface area contributed by atoms with Crippen molar-refractivity contribution in [1.82, 2.24) is 9.88 Å². The Kier molecular flexibility index (Phi) is 6.83. The predicted octanol–water partition coefficient (Wildman–Crippen LogP) is 5.55. The number of pyridine rings is 1. The third kappa shape index (κ3) is 5.46. The van der Waals surface area contributed by atoms with Crippen molar-refractivity contribution in [3.63, 3.8) is 0 Å². The van der Waals surface area contributed by atoms with E-state index in [0.29, 0.717) is 5.75 Å². The van der Waals surface area contributed by atoms with Crippen molar-refractivity contribution in [3.8, 4) is 22.6 Å². The molecule has 2 aliphatic rings. The monoisotopic (exact) mass is 529 g/mol. The maximum Gasteiger partial charge on any atom is 0.252 e. The zero-order valence-electron chi connectivity index (χ0n) is 23.7. The van der Waals surface area contributed by atoms with Crippen molar-refractivity contribution in [2.45, 2.75) is 78.0 Å². The zero-order chi connectivity index (χ0) is 28.1. The minimum atomic E-state index is -1.05. The molecule has 1 amide bonds. The van der Waals surface area contributed by atoms with E-state index in [1.807, 2.05) is 56.4 Å². The number of anilines is 1. The van der Waals surface area contributed by atoms with E-state index in [0.717, 1.165) is 64.9 Å². The highest BCUT2D eigenvalue weighted by Crippen LogP contribution is 2.56. The van der Waals surface area contributed by atoms with Gasteiger partial charge in [0.2, 0.25) is 5.91 Å². The standard InChI is InChI=1S/C32H39N3O4/c1-19-8-7-9-20(2)30(19)39-28-11-10-22(31(4,5)38)12-25(28)26-18-35(6)29(37)13-27(26)34-24-16-32(17-24)14-23(15-32)33-21(3)36/h7-13,18,23-24,34,38H,14-17H2,1-6H3,(H,33,36). The van der Waals surface area contributed by atoms with Gasteiger partial charge < -0.3 is 25.0 Å². The second-order valence-corrected chi connectivity index (χ2v) is 12.2. The molecule has 7 nitrogen and oxygen atoms in total. The lowest BCUT2D eigenvalue weighted by Gasteiger charge is -2.58. The lowest BCUT2D eigenvalue weighted by molar-refractivity contribution is -0.122. The number of para-hydroxylation sites is 1. The molecular formula is C32H39N3O4. The van der Waals surface area contributed by atoms with Crippen LogP contribution < -0.4 is 20.9 Å². The SMILES string of the molecule is CC(=O)NC1CC2(C1)CC(Nc1cc(=O)n(C)cc1-c1cc(C(C)(C)O)ccc1Oc1c(C)cccc1C)C2. The minimum Gasteiger partial charge on any atom is -0.456 e. The third-order valence-electron chi connectivity index (χ3n) is 8.31. The molecule has 1 spiro atoms. The summed E-state index contributed by atoms with van der Waals surface area (Å²) in [6.07, 6.45) is 5.88. The summed E-state index contributed by atoms with van der Waals surface area (Å²) in [5.41, 5.74) is 4.36. The molecule has 2 aliphatic carbocycles. The summed E-state index contributed by atoms with van der Waals surface area (Å²) in [4.78, 5) is 24.1. The largest absolute Gasteiger partial charge is 0.456 e. The first-order chi connectivity index (χ1) is 18.3. The highest BCUT2D eigenvalue weighted by atomic mass is 16.5. The van der Waals surface area contributed by atoms with Crippen LogP contribution in [0, 0.1) is 19.3 Å². The minimum absolute atomic E-state index is 0.0285. The number of rotatable bonds is 7. The highest BCUT2D eigenvalue weighted by molar-refractivity contribution is 5.82. The van der Waals surface area contributed by atoms with E-state index in [9.17, 15) is 14.7 Å². The number of amides is 1. The lowest BCUT2D eigenvalue weighted by atomic mass is 9.52. The second-order valence-electron chi connectivity index (χ2n) is 12.2. The van der Waals surface area contributed by atoms with Gasteiger partial charge in [-0.1, -0.05) is 24.3 Å². The summed E-state index contributed by atoms with van der Waals surface area (Å²) in [5, 5.41) is 17.5. The Morgan fingerprint density at radius 2 is 1.67 bits per heavy atom. The molecule has 0 unspecified atom stereocenters. The Labute approximate surface area is 230 Å². The number of benzene rings is 2. The Hall–Kier alpha value is -3.58. The van der Waals surface area contributed by atoms with Crippen LogP contribution in [0.1, 0.15) is 63.1 Å². The van der Waals surface area contributed by atoms with E-state index < -0.39 is 5.60 Å². The molecule has 7 heteroatoms. The van der Waals surface area contributed by atoms with Gasteiger partial charge in [0.25, 0.3) is 5.56 Å². The van der Waals surface area contributed by atoms with Crippen molar-refractivity contribution in [2.75, 3.05) is 5.32 Å². The van der Waals surface area contributed by atoms with Gasteiger partial charge in [-0.15, -0.1) is 0 Å². The number of carbonyl (C=O) groups is 1. The molecule has 0 atom stereocenters. The topological polar surface area (TPSA) is 92.6 Å². The molecule has 2 fully saturated rings. The molecule has 2 aromatic carbocycles. The summed E-state index contributed by atoms with van der Waals surface area (Å²) in [6, 6.07) is 14.0. The number of carbonyl (C=O) groups excluding carboxylic acids is 1. The number of aliphatic hydroxyl groups is 1. The van der Waals surface area contributed by atoms with Crippen LogP contribution in [0.2, 0.25) is 0 Å². The Bertz CT molecular complexity index is 1450. The van der Waals surface area contributed by atoms with Crippen LogP contribution >= 0.6 is 0 Å². The summed E-state index contributed by atoms with van der Waals surface area (Å²) in [6.45, 7) is 9.14. The van der Waals surface area contributed by atoms with Crippen LogP contribution in [0.4, 0.5) is 5.69 Å². The van der Waals surface area contributed by atoms with Gasteiger partial charge in [0, 0.05) is 55.1 Å². The number of hydrogen-bond acceptors (Lipinski definition) is 5. The fourth-order valence-electron chi connectivity index (χ4n) is 6.26. The molecule has 1 aromatic heterocycles. The molecule has 39 heavy (non-hydrogen) atoms. The van der Waals surface area contributed by atoms with Gasteiger partial charge in [-0.3, -0.25) is 9.59 Å². The molecule has 0 aliphatic heterocycles. The van der Waals surface area contributed by atoms with Crippen molar-refractivity contribution in [2.24, 2.45) is 12.5 Å². The van der Waals surface area contributed by atoms with E-state index in [1.54, 1.807) is 38.5 Å². The van der Waals surface area contributed by atoms with Crippen molar-refractivity contribution >= 4 is 11.6 Å². The number of nitrogens with one attached hydrogen (secondary N) is 2. The van der Waals surface area contributed by atoms with Crippen LogP contribution in [0.25, 0.3) is 11.1 Å². The van der Waals surface area contributed by atoms with Gasteiger partial charge in [0.15, 0.2) is 0 Å². The van der Waals surface area contributed by atoms with E-state index in [4.69, 9.17) is 4.74 Å². The smallest absolute Gasteiger partial charge is 0.252 e. The van der Waals surface area contributed by atoms with Gasteiger partial charge in [0.05, 0.1) is 5.60 Å². The fraction of sp³-hybridized carbons (Fsp3) is 0.438. The molecule has 3 N–H and O–H groups in total. The van der Waals surface area contributed by atoms with Gasteiger partial charge in [-0.05, 0) is 87.6 Å². The number of aromatic nitrogens is 1. The number of aryl methyl sites for hydroxylation is 3. The molecule has 2 saturated carbocycles. The van der Waals surface area contributed by atoms with E-state index in [2.05, 4.69) is 10.6 Å². The van der Waals surface area contributed by atoms with Gasteiger partial charge in [-0.2, -0.15) is 0 Å². The number of ether oxygens (including phenoxy) is 1. The molecular weight excluding hydrogens is 490 g/mol. The quantitative estimate of drug-likeness (QED) is 0.373. The average molecular weight is 530 g/mol. The van der Waals surface area contributed by atoms with Crippen molar-refractivity contribution < 1.29 is 14.6 Å². The predicted molar refractivity (Wildman–Crippen MR) is 154 cm³/mol. The lowest BCUT2D eigenvalue weighted by Crippen LogP contribution is -2.59. The number of nitrogens with zero attached hydrogens (tertiary/aromatic N) is 1. The van der Waals surface area contributed by atoms with Gasteiger partial charge in [0.1, 0.15) is 11.5 Å². The molecule has 1 heterocycles. The van der Waals surface area contributed by atoms with Crippen LogP contribution in [-0.4, -0.2) is 27.7 Å². The highest BCUT2D eigenvalue weighted by Gasteiger charge is 2.53. The molecule has 5 rings (SSSR count). The van der Waals surface area contributed by atoms with Crippen LogP contribution in [-0.2, 0) is 17.4 Å². The number of hydrogen-bond donors (Lipinski definition) is 3. The van der Waals surface area contributed by atoms with Crippen molar-refractivity contribution in [3.05, 3.63) is 75.7 Å². The van der Waals surface area contributed by atoms with Crippen LogP contribution in [0.15, 0.2) is 53.5 Å². The molecule has 3 aromatic rings. The molecule has 0 bridgehead atoms.